The molecular weight excluding hydrogens is 288 g/mol. The number of hydrogen-bond acceptors (Lipinski definition) is 2. The van der Waals surface area contributed by atoms with E-state index in [4.69, 9.17) is 0 Å². The molecular formula is C19H30N2O2. The Kier molecular flexibility index (Phi) is 8.38. The lowest BCUT2D eigenvalue weighted by atomic mass is 10.0. The van der Waals surface area contributed by atoms with Gasteiger partial charge in [0.15, 0.2) is 0 Å². The monoisotopic (exact) mass is 318 g/mol. The highest BCUT2D eigenvalue weighted by molar-refractivity contribution is 6.00. The Morgan fingerprint density at radius 2 is 1.57 bits per heavy atom. The minimum absolute atomic E-state index is 0.0139. The molecule has 4 nitrogen and oxygen atoms in total. The zero-order valence-electron chi connectivity index (χ0n) is 14.9. The molecule has 0 aromatic heterocycles. The van der Waals surface area contributed by atoms with Crippen LogP contribution in [0.25, 0.3) is 0 Å². The van der Waals surface area contributed by atoms with Crippen LogP contribution in [-0.4, -0.2) is 36.3 Å². The summed E-state index contributed by atoms with van der Waals surface area (Å²) < 4.78 is 0. The summed E-state index contributed by atoms with van der Waals surface area (Å²) in [6.45, 7) is 10.3. The summed E-state index contributed by atoms with van der Waals surface area (Å²) in [5, 5.41) is 2.91. The Labute approximate surface area is 140 Å². The lowest BCUT2D eigenvalue weighted by molar-refractivity contribution is 0.0755. The summed E-state index contributed by atoms with van der Waals surface area (Å²) in [5.41, 5.74) is 2.11. The number of aryl methyl sites for hydroxylation is 1. The molecule has 0 atom stereocenters. The largest absolute Gasteiger partial charge is 0.352 e. The second kappa shape index (κ2) is 10.0. The fourth-order valence-corrected chi connectivity index (χ4v) is 2.56. The molecule has 4 heteroatoms. The highest BCUT2D eigenvalue weighted by Gasteiger charge is 2.17. The van der Waals surface area contributed by atoms with Crippen LogP contribution in [0.4, 0.5) is 0 Å². The zero-order chi connectivity index (χ0) is 17.2. The van der Waals surface area contributed by atoms with Crippen molar-refractivity contribution in [1.82, 2.24) is 10.2 Å². The van der Waals surface area contributed by atoms with Gasteiger partial charge < -0.3 is 10.2 Å². The van der Waals surface area contributed by atoms with Crippen LogP contribution in [0.2, 0.25) is 0 Å². The van der Waals surface area contributed by atoms with E-state index >= 15 is 0 Å². The van der Waals surface area contributed by atoms with Crippen LogP contribution in [-0.2, 0) is 0 Å². The molecule has 23 heavy (non-hydrogen) atoms. The molecule has 1 N–H and O–H groups in total. The predicted molar refractivity (Wildman–Crippen MR) is 94.9 cm³/mol. The molecule has 1 rings (SSSR count). The van der Waals surface area contributed by atoms with Gasteiger partial charge in [-0.2, -0.15) is 0 Å². The number of carbonyl (C=O) groups is 2. The Morgan fingerprint density at radius 3 is 2.13 bits per heavy atom. The van der Waals surface area contributed by atoms with Gasteiger partial charge in [-0.1, -0.05) is 27.2 Å². The van der Waals surface area contributed by atoms with Gasteiger partial charge in [-0.3, -0.25) is 9.59 Å². The number of carbonyl (C=O) groups excluding carboxylic acids is 2. The summed E-state index contributed by atoms with van der Waals surface area (Å²) in [4.78, 5) is 26.8. The summed E-state index contributed by atoms with van der Waals surface area (Å²) in [6.07, 6.45) is 3.87. The van der Waals surface area contributed by atoms with Gasteiger partial charge in [-0.05, 0) is 49.9 Å². The van der Waals surface area contributed by atoms with Crippen molar-refractivity contribution < 1.29 is 9.59 Å². The average molecular weight is 318 g/mol. The van der Waals surface area contributed by atoms with Crippen LogP contribution in [0.3, 0.4) is 0 Å². The van der Waals surface area contributed by atoms with Gasteiger partial charge in [0.25, 0.3) is 11.8 Å². The van der Waals surface area contributed by atoms with E-state index in [1.54, 1.807) is 6.07 Å². The Bertz CT molecular complexity index is 520. The summed E-state index contributed by atoms with van der Waals surface area (Å²) in [6, 6.07) is 5.42. The quantitative estimate of drug-likeness (QED) is 0.704. The zero-order valence-corrected chi connectivity index (χ0v) is 14.9. The van der Waals surface area contributed by atoms with E-state index in [-0.39, 0.29) is 11.8 Å². The van der Waals surface area contributed by atoms with Crippen molar-refractivity contribution in [2.75, 3.05) is 19.6 Å². The van der Waals surface area contributed by atoms with Gasteiger partial charge in [0.1, 0.15) is 0 Å². The SMILES string of the molecule is CCCCNC(=O)c1cc(C)cc(C(=O)N(CCC)CCC)c1. The first-order valence-corrected chi connectivity index (χ1v) is 8.72. The van der Waals surface area contributed by atoms with E-state index < -0.39 is 0 Å². The first-order valence-electron chi connectivity index (χ1n) is 8.72. The highest BCUT2D eigenvalue weighted by atomic mass is 16.2. The van der Waals surface area contributed by atoms with Crippen LogP contribution in [0.15, 0.2) is 18.2 Å². The van der Waals surface area contributed by atoms with E-state index in [9.17, 15) is 9.59 Å². The Balaban J connectivity index is 2.94. The fraction of sp³-hybridized carbons (Fsp3) is 0.579. The maximum atomic E-state index is 12.7. The molecule has 0 radical (unpaired) electrons. The maximum Gasteiger partial charge on any atom is 0.253 e. The molecule has 0 fully saturated rings. The second-order valence-corrected chi connectivity index (χ2v) is 5.99. The lowest BCUT2D eigenvalue weighted by Crippen LogP contribution is -2.33. The number of benzene rings is 1. The third kappa shape index (κ3) is 6.05. The van der Waals surface area contributed by atoms with E-state index in [0.29, 0.717) is 17.7 Å². The maximum absolute atomic E-state index is 12.7. The van der Waals surface area contributed by atoms with E-state index in [1.807, 2.05) is 24.0 Å². The van der Waals surface area contributed by atoms with E-state index in [1.165, 1.54) is 0 Å². The molecule has 0 unspecified atom stereocenters. The highest BCUT2D eigenvalue weighted by Crippen LogP contribution is 2.13. The summed E-state index contributed by atoms with van der Waals surface area (Å²) in [5.74, 6) is -0.0891. The number of unbranched alkanes of at least 4 members (excludes halogenated alkanes) is 1. The van der Waals surface area contributed by atoms with Crippen molar-refractivity contribution in [3.63, 3.8) is 0 Å². The van der Waals surface area contributed by atoms with Crippen LogP contribution in [0, 0.1) is 6.92 Å². The number of hydrogen-bond donors (Lipinski definition) is 1. The van der Waals surface area contributed by atoms with Gasteiger partial charge in [0, 0.05) is 30.8 Å². The molecule has 0 aliphatic carbocycles. The van der Waals surface area contributed by atoms with Crippen LogP contribution >= 0.6 is 0 Å². The van der Waals surface area contributed by atoms with Crippen molar-refractivity contribution in [3.05, 3.63) is 34.9 Å². The van der Waals surface area contributed by atoms with Crippen LogP contribution in [0.1, 0.15) is 72.7 Å². The minimum Gasteiger partial charge on any atom is -0.352 e. The van der Waals surface area contributed by atoms with Crippen molar-refractivity contribution in [3.8, 4) is 0 Å². The first-order chi connectivity index (χ1) is 11.0. The van der Waals surface area contributed by atoms with E-state index in [0.717, 1.165) is 44.3 Å². The number of amides is 2. The molecule has 2 amide bonds. The van der Waals surface area contributed by atoms with Crippen molar-refractivity contribution >= 4 is 11.8 Å². The van der Waals surface area contributed by atoms with Crippen molar-refractivity contribution in [2.24, 2.45) is 0 Å². The second-order valence-electron chi connectivity index (χ2n) is 5.99. The van der Waals surface area contributed by atoms with Crippen molar-refractivity contribution in [1.29, 1.82) is 0 Å². The number of nitrogens with one attached hydrogen (secondary N) is 1. The van der Waals surface area contributed by atoms with Crippen LogP contribution < -0.4 is 5.32 Å². The van der Waals surface area contributed by atoms with Gasteiger partial charge in [-0.15, -0.1) is 0 Å². The average Bonchev–Trinajstić information content (AvgIpc) is 2.53. The molecule has 0 aliphatic heterocycles. The van der Waals surface area contributed by atoms with Crippen LogP contribution in [0.5, 0.6) is 0 Å². The molecule has 1 aromatic carbocycles. The normalized spacial score (nSPS) is 10.4. The third-order valence-electron chi connectivity index (χ3n) is 3.68. The van der Waals surface area contributed by atoms with Crippen molar-refractivity contribution in [2.45, 2.75) is 53.4 Å². The van der Waals surface area contributed by atoms with Gasteiger partial charge >= 0.3 is 0 Å². The molecule has 0 saturated heterocycles. The van der Waals surface area contributed by atoms with Gasteiger partial charge in [0.2, 0.25) is 0 Å². The van der Waals surface area contributed by atoms with Gasteiger partial charge in [0.05, 0.1) is 0 Å². The molecule has 0 heterocycles. The summed E-state index contributed by atoms with van der Waals surface area (Å²) in [7, 11) is 0. The van der Waals surface area contributed by atoms with Gasteiger partial charge in [-0.25, -0.2) is 0 Å². The fourth-order valence-electron chi connectivity index (χ4n) is 2.56. The molecule has 0 aliphatic rings. The Morgan fingerprint density at radius 1 is 0.957 bits per heavy atom. The number of rotatable bonds is 9. The van der Waals surface area contributed by atoms with E-state index in [2.05, 4.69) is 26.1 Å². The molecule has 0 spiro atoms. The third-order valence-corrected chi connectivity index (χ3v) is 3.68. The molecule has 0 bridgehead atoms. The minimum atomic E-state index is -0.103. The lowest BCUT2D eigenvalue weighted by Gasteiger charge is -2.22. The first kappa shape index (κ1) is 19.2. The number of nitrogens with zero attached hydrogens (tertiary/aromatic N) is 1. The predicted octanol–water partition coefficient (Wildman–Crippen LogP) is 3.79. The topological polar surface area (TPSA) is 49.4 Å². The molecule has 128 valence electrons. The smallest absolute Gasteiger partial charge is 0.253 e. The standard InChI is InChI=1S/C19H30N2O2/c1-5-8-9-20-18(22)16-12-15(4)13-17(14-16)19(23)21(10-6-2)11-7-3/h12-14H,5-11H2,1-4H3,(H,20,22). The Hall–Kier alpha value is -1.84. The molecule has 1 aromatic rings. The summed E-state index contributed by atoms with van der Waals surface area (Å²) >= 11 is 0. The molecule has 0 saturated carbocycles.